The molecule has 18 heavy (non-hydrogen) atoms. The van der Waals surface area contributed by atoms with Crippen molar-refractivity contribution in [2.24, 2.45) is 0 Å². The van der Waals surface area contributed by atoms with E-state index in [1.54, 1.807) is 20.1 Å². The van der Waals surface area contributed by atoms with Gasteiger partial charge in [0.1, 0.15) is 0 Å². The van der Waals surface area contributed by atoms with E-state index in [1.807, 2.05) is 0 Å². The van der Waals surface area contributed by atoms with E-state index in [0.29, 0.717) is 0 Å². The Morgan fingerprint density at radius 2 is 1.61 bits per heavy atom. The molecule has 0 unspecified atom stereocenters. The molecule has 0 fully saturated rings. The van der Waals surface area contributed by atoms with Crippen LogP contribution in [0.25, 0.3) is 0 Å². The third-order valence-corrected chi connectivity index (χ3v) is 2.33. The van der Waals surface area contributed by atoms with Crippen LogP contribution in [-0.4, -0.2) is 46.6 Å². The minimum Gasteiger partial charge on any atom is -0.461 e. The van der Waals surface area contributed by atoms with Crippen LogP contribution in [0.15, 0.2) is 5.16 Å². The quantitative estimate of drug-likeness (QED) is 0.577. The summed E-state index contributed by atoms with van der Waals surface area (Å²) in [6.45, 7) is 3.66. The van der Waals surface area contributed by atoms with E-state index in [2.05, 4.69) is 15.2 Å². The Bertz CT molecular complexity index is 453. The average Bonchev–Trinajstić information content (AvgIpc) is 2.38. The van der Waals surface area contributed by atoms with Gasteiger partial charge < -0.3 is 9.47 Å². The summed E-state index contributed by atoms with van der Waals surface area (Å²) < 4.78 is 9.58. The minimum atomic E-state index is -0.742. The van der Waals surface area contributed by atoms with Gasteiger partial charge in [-0.2, -0.15) is 0 Å². The maximum Gasteiger partial charge on any atom is 0.361 e. The second kappa shape index (κ2) is 6.90. The number of rotatable bonds is 5. The number of aromatic nitrogens is 3. The summed E-state index contributed by atoms with van der Waals surface area (Å²) in [5.41, 5.74) is -0.400. The normalized spacial score (nSPS) is 9.94. The summed E-state index contributed by atoms with van der Waals surface area (Å²) in [6.07, 6.45) is 1.73. The van der Waals surface area contributed by atoms with E-state index in [0.717, 1.165) is 0 Å². The molecule has 0 aliphatic rings. The molecule has 1 rings (SSSR count). The molecular formula is C10H13N3O4S. The molecule has 1 heterocycles. The molecule has 0 aliphatic heterocycles. The molecule has 1 aromatic rings. The van der Waals surface area contributed by atoms with E-state index in [4.69, 9.17) is 9.47 Å². The maximum absolute atomic E-state index is 11.7. The van der Waals surface area contributed by atoms with E-state index in [9.17, 15) is 9.59 Å². The molecule has 0 saturated carbocycles. The van der Waals surface area contributed by atoms with Gasteiger partial charge in [0.15, 0.2) is 5.69 Å². The number of carbonyl (C=O) groups excluding carboxylic acids is 2. The Hall–Kier alpha value is -1.70. The summed E-state index contributed by atoms with van der Waals surface area (Å²) in [6, 6.07) is 0. The zero-order valence-electron chi connectivity index (χ0n) is 10.3. The lowest BCUT2D eigenvalue weighted by molar-refractivity contribution is 0.0464. The van der Waals surface area contributed by atoms with Crippen molar-refractivity contribution in [1.82, 2.24) is 15.2 Å². The van der Waals surface area contributed by atoms with Crippen molar-refractivity contribution in [3.05, 3.63) is 11.4 Å². The Morgan fingerprint density at radius 1 is 1.06 bits per heavy atom. The summed E-state index contributed by atoms with van der Waals surface area (Å²) in [7, 11) is 0. The molecule has 98 valence electrons. The van der Waals surface area contributed by atoms with Gasteiger partial charge in [0.2, 0.25) is 10.9 Å². The molecule has 0 radical (unpaired) electrons. The van der Waals surface area contributed by atoms with Gasteiger partial charge in [-0.1, -0.05) is 11.8 Å². The largest absolute Gasteiger partial charge is 0.461 e. The highest BCUT2D eigenvalue weighted by atomic mass is 32.2. The van der Waals surface area contributed by atoms with Crippen LogP contribution in [0.4, 0.5) is 0 Å². The first-order valence-corrected chi connectivity index (χ1v) is 6.49. The Morgan fingerprint density at radius 3 is 2.11 bits per heavy atom. The van der Waals surface area contributed by atoms with E-state index in [1.165, 1.54) is 11.8 Å². The van der Waals surface area contributed by atoms with Gasteiger partial charge in [-0.15, -0.1) is 10.2 Å². The van der Waals surface area contributed by atoms with E-state index in [-0.39, 0.29) is 29.8 Å². The Kier molecular flexibility index (Phi) is 5.50. The van der Waals surface area contributed by atoms with E-state index < -0.39 is 11.9 Å². The zero-order chi connectivity index (χ0) is 13.5. The van der Waals surface area contributed by atoms with Gasteiger partial charge in [-0.05, 0) is 20.1 Å². The topological polar surface area (TPSA) is 91.3 Å². The second-order valence-corrected chi connectivity index (χ2v) is 3.71. The van der Waals surface area contributed by atoms with Crippen molar-refractivity contribution in [1.29, 1.82) is 0 Å². The molecule has 7 nitrogen and oxygen atoms in total. The number of hydrogen-bond acceptors (Lipinski definition) is 8. The van der Waals surface area contributed by atoms with Crippen LogP contribution in [0.3, 0.4) is 0 Å². The minimum absolute atomic E-state index is 0.172. The molecule has 0 aliphatic carbocycles. The molecule has 0 spiro atoms. The van der Waals surface area contributed by atoms with Crippen molar-refractivity contribution in [3.63, 3.8) is 0 Å². The van der Waals surface area contributed by atoms with Crippen LogP contribution in [0.5, 0.6) is 0 Å². The number of nitrogens with zero attached hydrogens (tertiary/aromatic N) is 3. The lowest BCUT2D eigenvalue weighted by Crippen LogP contribution is -2.19. The average molecular weight is 271 g/mol. The number of hydrogen-bond donors (Lipinski definition) is 0. The van der Waals surface area contributed by atoms with Crippen molar-refractivity contribution in [2.75, 3.05) is 19.5 Å². The number of carbonyl (C=O) groups is 2. The summed E-state index contributed by atoms with van der Waals surface area (Å²) in [5, 5.41) is 7.64. The molecule has 0 bridgehead atoms. The van der Waals surface area contributed by atoms with Crippen molar-refractivity contribution >= 4 is 23.7 Å². The summed E-state index contributed by atoms with van der Waals surface area (Å²) in [5.74, 6) is -1.46. The molecule has 8 heteroatoms. The molecule has 1 aromatic heterocycles. The van der Waals surface area contributed by atoms with Gasteiger partial charge in [-0.25, -0.2) is 14.6 Å². The second-order valence-electron chi connectivity index (χ2n) is 2.94. The van der Waals surface area contributed by atoms with Crippen molar-refractivity contribution < 1.29 is 19.1 Å². The summed E-state index contributed by atoms with van der Waals surface area (Å²) >= 11 is 1.21. The predicted octanol–water partition coefficient (Wildman–Crippen LogP) is 0.947. The molecule has 0 saturated heterocycles. The third-order valence-electron chi connectivity index (χ3n) is 1.79. The van der Waals surface area contributed by atoms with Crippen LogP contribution in [-0.2, 0) is 9.47 Å². The molecule has 0 atom stereocenters. The fourth-order valence-electron chi connectivity index (χ4n) is 1.08. The fourth-order valence-corrected chi connectivity index (χ4v) is 1.38. The van der Waals surface area contributed by atoms with Crippen LogP contribution in [0.1, 0.15) is 34.8 Å². The first kappa shape index (κ1) is 14.4. The molecule has 0 N–H and O–H groups in total. The fraction of sp³-hybridized carbons (Fsp3) is 0.500. The first-order chi connectivity index (χ1) is 8.63. The third kappa shape index (κ3) is 3.39. The SMILES string of the molecule is CCOC(=O)c1nnc(SC)nc1C(=O)OCC. The van der Waals surface area contributed by atoms with Crippen LogP contribution < -0.4 is 0 Å². The van der Waals surface area contributed by atoms with Crippen LogP contribution in [0.2, 0.25) is 0 Å². The van der Waals surface area contributed by atoms with Gasteiger partial charge in [-0.3, -0.25) is 0 Å². The first-order valence-electron chi connectivity index (χ1n) is 5.26. The highest BCUT2D eigenvalue weighted by Gasteiger charge is 2.24. The van der Waals surface area contributed by atoms with E-state index >= 15 is 0 Å². The number of ether oxygens (including phenoxy) is 2. The van der Waals surface area contributed by atoms with Crippen LogP contribution in [0, 0.1) is 0 Å². The lowest BCUT2D eigenvalue weighted by atomic mass is 10.3. The van der Waals surface area contributed by atoms with Gasteiger partial charge in [0, 0.05) is 0 Å². The van der Waals surface area contributed by atoms with Crippen LogP contribution >= 0.6 is 11.8 Å². The highest BCUT2D eigenvalue weighted by Crippen LogP contribution is 2.12. The number of esters is 2. The predicted molar refractivity (Wildman–Crippen MR) is 63.5 cm³/mol. The summed E-state index contributed by atoms with van der Waals surface area (Å²) in [4.78, 5) is 27.2. The standard InChI is InChI=1S/C10H13N3O4S/c1-4-16-8(14)6-7(9(15)17-5-2)12-13-10(11-6)18-3/h4-5H2,1-3H3. The van der Waals surface area contributed by atoms with Gasteiger partial charge >= 0.3 is 11.9 Å². The molecule has 0 amide bonds. The molecule has 0 aromatic carbocycles. The maximum atomic E-state index is 11.7. The van der Waals surface area contributed by atoms with Crippen molar-refractivity contribution in [2.45, 2.75) is 19.0 Å². The van der Waals surface area contributed by atoms with Gasteiger partial charge in [0.05, 0.1) is 13.2 Å². The van der Waals surface area contributed by atoms with Gasteiger partial charge in [0.25, 0.3) is 0 Å². The monoisotopic (exact) mass is 271 g/mol. The highest BCUT2D eigenvalue weighted by molar-refractivity contribution is 7.98. The zero-order valence-corrected chi connectivity index (χ0v) is 11.1. The Balaban J connectivity index is 3.15. The smallest absolute Gasteiger partial charge is 0.361 e. The Labute approximate surface area is 108 Å². The molecular weight excluding hydrogens is 258 g/mol. The van der Waals surface area contributed by atoms with Crippen molar-refractivity contribution in [3.8, 4) is 0 Å². The number of thioether (sulfide) groups is 1. The lowest BCUT2D eigenvalue weighted by Gasteiger charge is -2.06.